The van der Waals surface area contributed by atoms with Crippen LogP contribution >= 0.6 is 0 Å². The molecule has 0 aliphatic carbocycles. The van der Waals surface area contributed by atoms with Gasteiger partial charge in [-0.05, 0) is 19.9 Å². The highest BCUT2D eigenvalue weighted by Gasteiger charge is 2.38. The maximum Gasteiger partial charge on any atom is 0.241 e. The summed E-state index contributed by atoms with van der Waals surface area (Å²) in [5.41, 5.74) is -0.346. The zero-order valence-electron chi connectivity index (χ0n) is 10.5. The van der Waals surface area contributed by atoms with Crippen LogP contribution in [0.25, 0.3) is 0 Å². The van der Waals surface area contributed by atoms with Gasteiger partial charge in [0, 0.05) is 27.7 Å². The van der Waals surface area contributed by atoms with Gasteiger partial charge in [-0.25, -0.2) is 0 Å². The molecule has 0 radical (unpaired) electrons. The molecule has 0 saturated carbocycles. The molecular formula is C11H21N3O2. The molecule has 5 nitrogen and oxygen atoms in total. The van der Waals surface area contributed by atoms with Gasteiger partial charge in [-0.1, -0.05) is 0 Å². The van der Waals surface area contributed by atoms with Crippen molar-refractivity contribution in [2.75, 3.05) is 40.8 Å². The van der Waals surface area contributed by atoms with Crippen LogP contribution in [0.4, 0.5) is 0 Å². The molecule has 0 aromatic carbocycles. The smallest absolute Gasteiger partial charge is 0.241 e. The van der Waals surface area contributed by atoms with Gasteiger partial charge in [-0.2, -0.15) is 0 Å². The number of hydrogen-bond donors (Lipinski definition) is 1. The molecule has 5 heteroatoms. The molecule has 0 aromatic rings. The van der Waals surface area contributed by atoms with Crippen molar-refractivity contribution >= 4 is 11.8 Å². The predicted molar refractivity (Wildman–Crippen MR) is 61.9 cm³/mol. The largest absolute Gasteiger partial charge is 0.347 e. The molecule has 1 N–H and O–H groups in total. The van der Waals surface area contributed by atoms with E-state index in [9.17, 15) is 9.59 Å². The van der Waals surface area contributed by atoms with Gasteiger partial charge in [0.1, 0.15) is 0 Å². The maximum atomic E-state index is 12.1. The zero-order valence-corrected chi connectivity index (χ0v) is 10.5. The standard InChI is InChI=1S/C11H21N3O2/c1-11(5-6-12-8-11)10(16)14(4)7-9(15)13(2)3/h12H,5-8H2,1-4H3. The molecule has 1 aliphatic rings. The summed E-state index contributed by atoms with van der Waals surface area (Å²) in [5, 5.41) is 3.18. The summed E-state index contributed by atoms with van der Waals surface area (Å²) in [7, 11) is 5.08. The van der Waals surface area contributed by atoms with Gasteiger partial charge >= 0.3 is 0 Å². The number of nitrogens with zero attached hydrogens (tertiary/aromatic N) is 2. The Morgan fingerprint density at radius 3 is 2.38 bits per heavy atom. The second-order valence-electron chi connectivity index (χ2n) is 4.94. The van der Waals surface area contributed by atoms with Crippen molar-refractivity contribution in [2.24, 2.45) is 5.41 Å². The molecular weight excluding hydrogens is 206 g/mol. The highest BCUT2D eigenvalue weighted by atomic mass is 16.2. The molecule has 0 spiro atoms. The lowest BCUT2D eigenvalue weighted by Crippen LogP contribution is -2.45. The number of carbonyl (C=O) groups is 2. The second kappa shape index (κ2) is 4.82. The first-order valence-electron chi connectivity index (χ1n) is 5.53. The number of amides is 2. The Hall–Kier alpha value is -1.10. The Morgan fingerprint density at radius 1 is 1.31 bits per heavy atom. The Morgan fingerprint density at radius 2 is 1.94 bits per heavy atom. The third kappa shape index (κ3) is 2.72. The average molecular weight is 227 g/mol. The van der Waals surface area contributed by atoms with Crippen LogP contribution in [0.5, 0.6) is 0 Å². The molecule has 0 aromatic heterocycles. The Kier molecular flexibility index (Phi) is 3.91. The van der Waals surface area contributed by atoms with Crippen LogP contribution in [-0.4, -0.2) is 62.4 Å². The summed E-state index contributed by atoms with van der Waals surface area (Å²) in [5.74, 6) is -0.00175. The summed E-state index contributed by atoms with van der Waals surface area (Å²) < 4.78 is 0. The predicted octanol–water partition coefficient (Wildman–Crippen LogP) is -0.467. The first-order valence-corrected chi connectivity index (χ1v) is 5.53. The summed E-state index contributed by atoms with van der Waals surface area (Å²) in [6.07, 6.45) is 0.840. The fraction of sp³-hybridized carbons (Fsp3) is 0.818. The maximum absolute atomic E-state index is 12.1. The Labute approximate surface area is 96.8 Å². The SMILES string of the molecule is CN(C)C(=O)CN(C)C(=O)C1(C)CCNC1. The quantitative estimate of drug-likeness (QED) is 0.709. The van der Waals surface area contributed by atoms with Crippen molar-refractivity contribution in [3.8, 4) is 0 Å². The highest BCUT2D eigenvalue weighted by Crippen LogP contribution is 2.26. The van der Waals surface area contributed by atoms with Crippen LogP contribution in [0.15, 0.2) is 0 Å². The van der Waals surface area contributed by atoms with Gasteiger partial charge in [0.25, 0.3) is 0 Å². The minimum atomic E-state index is -0.346. The molecule has 1 unspecified atom stereocenters. The third-order valence-electron chi connectivity index (χ3n) is 3.10. The van der Waals surface area contributed by atoms with Crippen molar-refractivity contribution < 1.29 is 9.59 Å². The van der Waals surface area contributed by atoms with Crippen molar-refractivity contribution in [3.05, 3.63) is 0 Å². The first kappa shape index (κ1) is 13.0. The van der Waals surface area contributed by atoms with E-state index in [1.165, 1.54) is 9.80 Å². The van der Waals surface area contributed by atoms with Crippen molar-refractivity contribution in [3.63, 3.8) is 0 Å². The minimum absolute atomic E-state index is 0.0488. The summed E-state index contributed by atoms with van der Waals surface area (Å²) in [4.78, 5) is 26.7. The average Bonchev–Trinajstić information content (AvgIpc) is 2.64. The minimum Gasteiger partial charge on any atom is -0.347 e. The van der Waals surface area contributed by atoms with Crippen LogP contribution in [0.2, 0.25) is 0 Å². The molecule has 1 aliphatic heterocycles. The Balaban J connectivity index is 2.57. The topological polar surface area (TPSA) is 52.7 Å². The van der Waals surface area contributed by atoms with Gasteiger partial charge in [0.2, 0.25) is 11.8 Å². The summed E-state index contributed by atoms with van der Waals surface area (Å²) in [6.45, 7) is 3.68. The van der Waals surface area contributed by atoms with Gasteiger partial charge in [0.05, 0.1) is 12.0 Å². The van der Waals surface area contributed by atoms with E-state index < -0.39 is 0 Å². The van der Waals surface area contributed by atoms with Gasteiger partial charge < -0.3 is 15.1 Å². The van der Waals surface area contributed by atoms with E-state index in [1.54, 1.807) is 21.1 Å². The lowest BCUT2D eigenvalue weighted by Gasteiger charge is -2.28. The molecule has 92 valence electrons. The lowest BCUT2D eigenvalue weighted by molar-refractivity contribution is -0.143. The monoisotopic (exact) mass is 227 g/mol. The fourth-order valence-corrected chi connectivity index (χ4v) is 1.88. The van der Waals surface area contributed by atoms with E-state index in [-0.39, 0.29) is 23.8 Å². The fourth-order valence-electron chi connectivity index (χ4n) is 1.88. The number of hydrogen-bond acceptors (Lipinski definition) is 3. The molecule has 1 heterocycles. The van der Waals surface area contributed by atoms with Gasteiger partial charge in [0.15, 0.2) is 0 Å². The van der Waals surface area contributed by atoms with Crippen LogP contribution in [-0.2, 0) is 9.59 Å². The summed E-state index contributed by atoms with van der Waals surface area (Å²) >= 11 is 0. The van der Waals surface area contributed by atoms with Crippen molar-refractivity contribution in [2.45, 2.75) is 13.3 Å². The number of nitrogens with one attached hydrogen (secondary N) is 1. The van der Waals surface area contributed by atoms with E-state index in [0.717, 1.165) is 13.0 Å². The second-order valence-corrected chi connectivity index (χ2v) is 4.94. The number of likely N-dealkylation sites (N-methyl/N-ethyl adjacent to an activating group) is 2. The van der Waals surface area contributed by atoms with Crippen LogP contribution in [0.3, 0.4) is 0 Å². The van der Waals surface area contributed by atoms with Crippen molar-refractivity contribution in [1.82, 2.24) is 15.1 Å². The third-order valence-corrected chi connectivity index (χ3v) is 3.10. The van der Waals surface area contributed by atoms with Crippen LogP contribution in [0, 0.1) is 5.41 Å². The molecule has 1 fully saturated rings. The number of rotatable bonds is 3. The molecule has 1 atom stereocenters. The Bertz CT molecular complexity index is 283. The van der Waals surface area contributed by atoms with E-state index in [1.807, 2.05) is 6.92 Å². The molecule has 1 saturated heterocycles. The lowest BCUT2D eigenvalue weighted by atomic mass is 9.88. The molecule has 0 bridgehead atoms. The van der Waals surface area contributed by atoms with Crippen LogP contribution < -0.4 is 5.32 Å². The molecule has 16 heavy (non-hydrogen) atoms. The first-order chi connectivity index (χ1) is 7.37. The van der Waals surface area contributed by atoms with E-state index >= 15 is 0 Å². The van der Waals surface area contributed by atoms with Gasteiger partial charge in [-0.3, -0.25) is 9.59 Å². The molecule has 2 amide bonds. The van der Waals surface area contributed by atoms with Crippen molar-refractivity contribution in [1.29, 1.82) is 0 Å². The zero-order chi connectivity index (χ0) is 12.3. The highest BCUT2D eigenvalue weighted by molar-refractivity contribution is 5.87. The normalized spacial score (nSPS) is 24.2. The number of carbonyl (C=O) groups excluding carboxylic acids is 2. The summed E-state index contributed by atoms with van der Waals surface area (Å²) in [6, 6.07) is 0. The van der Waals surface area contributed by atoms with E-state index in [2.05, 4.69) is 5.32 Å². The van der Waals surface area contributed by atoms with Gasteiger partial charge in [-0.15, -0.1) is 0 Å². The van der Waals surface area contributed by atoms with E-state index in [0.29, 0.717) is 6.54 Å². The van der Waals surface area contributed by atoms with E-state index in [4.69, 9.17) is 0 Å². The van der Waals surface area contributed by atoms with Crippen LogP contribution in [0.1, 0.15) is 13.3 Å². The molecule has 1 rings (SSSR count).